The molecule has 1 aliphatic rings. The van der Waals surface area contributed by atoms with Crippen molar-refractivity contribution in [3.8, 4) is 6.07 Å². The molecular weight excluding hydrogens is 184 g/mol. The molecule has 1 heterocycles. The van der Waals surface area contributed by atoms with Crippen LogP contribution in [0, 0.1) is 18.3 Å². The van der Waals surface area contributed by atoms with Gasteiger partial charge in [0.2, 0.25) is 0 Å². The third-order valence-corrected chi connectivity index (χ3v) is 3.08. The summed E-state index contributed by atoms with van der Waals surface area (Å²) < 4.78 is 2.37. The van der Waals surface area contributed by atoms with E-state index in [-0.39, 0.29) is 0 Å². The maximum absolute atomic E-state index is 8.89. The molecule has 1 aliphatic carbocycles. The van der Waals surface area contributed by atoms with E-state index in [0.717, 1.165) is 5.56 Å². The highest BCUT2D eigenvalue weighted by molar-refractivity contribution is 5.83. The van der Waals surface area contributed by atoms with Gasteiger partial charge in [-0.2, -0.15) is 5.26 Å². The van der Waals surface area contributed by atoms with E-state index >= 15 is 0 Å². The third kappa shape index (κ3) is 1.24. The Kier molecular flexibility index (Phi) is 1.63. The van der Waals surface area contributed by atoms with Crippen molar-refractivity contribution in [3.63, 3.8) is 0 Å². The van der Waals surface area contributed by atoms with Crippen molar-refractivity contribution in [3.05, 3.63) is 35.5 Å². The summed E-state index contributed by atoms with van der Waals surface area (Å²) in [5.41, 5.74) is 3.28. The number of hydrogen-bond acceptors (Lipinski definition) is 1. The minimum absolute atomic E-state index is 0.677. The van der Waals surface area contributed by atoms with Gasteiger partial charge in [0.25, 0.3) is 0 Å². The van der Waals surface area contributed by atoms with E-state index in [4.69, 9.17) is 5.26 Å². The smallest absolute Gasteiger partial charge is 0.0992 e. The fourth-order valence-electron chi connectivity index (χ4n) is 2.25. The number of fused-ring (bicyclic) bond motifs is 1. The number of aryl methyl sites for hydroxylation is 1. The highest BCUT2D eigenvalue weighted by atomic mass is 15.0. The maximum Gasteiger partial charge on any atom is 0.0992 e. The molecule has 2 heteroatoms. The Morgan fingerprint density at radius 3 is 2.80 bits per heavy atom. The van der Waals surface area contributed by atoms with E-state index in [0.29, 0.717) is 6.04 Å². The molecule has 0 saturated heterocycles. The van der Waals surface area contributed by atoms with Gasteiger partial charge in [0.05, 0.1) is 11.6 Å². The summed E-state index contributed by atoms with van der Waals surface area (Å²) in [6.45, 7) is 2.14. The molecule has 1 fully saturated rings. The Hall–Kier alpha value is -1.75. The standard InChI is InChI=1S/C13H12N2/c1-9-6-11-3-2-10(8-14)7-13(11)15(9)12-4-5-12/h2-3,6-7,12H,4-5H2,1H3. The van der Waals surface area contributed by atoms with Crippen molar-refractivity contribution in [2.24, 2.45) is 0 Å². The zero-order valence-corrected chi connectivity index (χ0v) is 8.70. The molecule has 0 atom stereocenters. The molecular formula is C13H12N2. The van der Waals surface area contributed by atoms with Crippen LogP contribution in [0.25, 0.3) is 10.9 Å². The van der Waals surface area contributed by atoms with Crippen molar-refractivity contribution in [1.29, 1.82) is 5.26 Å². The van der Waals surface area contributed by atoms with E-state index in [1.54, 1.807) is 0 Å². The van der Waals surface area contributed by atoms with Crippen molar-refractivity contribution < 1.29 is 0 Å². The van der Waals surface area contributed by atoms with Crippen LogP contribution < -0.4 is 0 Å². The summed E-state index contributed by atoms with van der Waals surface area (Å²) in [5.74, 6) is 0. The molecule has 0 spiro atoms. The molecule has 15 heavy (non-hydrogen) atoms. The van der Waals surface area contributed by atoms with Crippen molar-refractivity contribution in [1.82, 2.24) is 4.57 Å². The average molecular weight is 196 g/mol. The van der Waals surface area contributed by atoms with Crippen LogP contribution >= 0.6 is 0 Å². The number of rotatable bonds is 1. The summed E-state index contributed by atoms with van der Waals surface area (Å²) in [6.07, 6.45) is 2.56. The van der Waals surface area contributed by atoms with Crippen LogP contribution in [0.1, 0.15) is 30.1 Å². The lowest BCUT2D eigenvalue weighted by Gasteiger charge is -2.05. The highest BCUT2D eigenvalue weighted by Crippen LogP contribution is 2.39. The summed E-state index contributed by atoms with van der Waals surface area (Å²) >= 11 is 0. The number of hydrogen-bond donors (Lipinski definition) is 0. The molecule has 3 rings (SSSR count). The molecule has 2 aromatic rings. The summed E-state index contributed by atoms with van der Waals surface area (Å²) in [4.78, 5) is 0. The van der Waals surface area contributed by atoms with Crippen LogP contribution in [0.5, 0.6) is 0 Å². The van der Waals surface area contributed by atoms with Gasteiger partial charge in [0.15, 0.2) is 0 Å². The molecule has 0 N–H and O–H groups in total. The first kappa shape index (κ1) is 8.55. The normalized spacial score (nSPS) is 15.5. The van der Waals surface area contributed by atoms with Crippen molar-refractivity contribution in [2.45, 2.75) is 25.8 Å². The summed E-state index contributed by atoms with van der Waals surface area (Å²) in [5, 5.41) is 10.1. The Morgan fingerprint density at radius 2 is 2.13 bits per heavy atom. The predicted octanol–water partition coefficient (Wildman–Crippen LogP) is 3.16. The van der Waals surface area contributed by atoms with Crippen LogP contribution in [0.3, 0.4) is 0 Å². The average Bonchev–Trinajstić information content (AvgIpc) is 3.00. The van der Waals surface area contributed by atoms with Gasteiger partial charge < -0.3 is 4.57 Å². The van der Waals surface area contributed by atoms with Gasteiger partial charge in [-0.15, -0.1) is 0 Å². The van der Waals surface area contributed by atoms with Crippen molar-refractivity contribution in [2.75, 3.05) is 0 Å². The van der Waals surface area contributed by atoms with Gasteiger partial charge >= 0.3 is 0 Å². The van der Waals surface area contributed by atoms with Gasteiger partial charge in [-0.05, 0) is 43.4 Å². The number of benzene rings is 1. The number of nitrogens with zero attached hydrogens (tertiary/aromatic N) is 2. The summed E-state index contributed by atoms with van der Waals surface area (Å²) in [7, 11) is 0. The second-order valence-corrected chi connectivity index (χ2v) is 4.27. The van der Waals surface area contributed by atoms with Gasteiger partial charge in [-0.1, -0.05) is 6.07 Å². The van der Waals surface area contributed by atoms with Crippen LogP contribution in [0.2, 0.25) is 0 Å². The lowest BCUT2D eigenvalue weighted by atomic mass is 10.2. The lowest BCUT2D eigenvalue weighted by molar-refractivity contribution is 0.749. The summed E-state index contributed by atoms with van der Waals surface area (Å²) in [6, 6.07) is 11.0. The van der Waals surface area contributed by atoms with E-state index in [9.17, 15) is 0 Å². The maximum atomic E-state index is 8.89. The SMILES string of the molecule is Cc1cc2ccc(C#N)cc2n1C1CC1. The first-order chi connectivity index (χ1) is 7.29. The largest absolute Gasteiger partial charge is 0.342 e. The topological polar surface area (TPSA) is 28.7 Å². The van der Waals surface area contributed by atoms with Gasteiger partial charge in [0, 0.05) is 17.3 Å². The zero-order chi connectivity index (χ0) is 10.4. The Morgan fingerprint density at radius 1 is 1.33 bits per heavy atom. The molecule has 0 aliphatic heterocycles. The van der Waals surface area contributed by atoms with E-state index in [1.807, 2.05) is 18.2 Å². The van der Waals surface area contributed by atoms with Crippen LogP contribution in [0.15, 0.2) is 24.3 Å². The minimum Gasteiger partial charge on any atom is -0.342 e. The molecule has 1 saturated carbocycles. The van der Waals surface area contributed by atoms with Gasteiger partial charge in [-0.25, -0.2) is 0 Å². The Bertz CT molecular complexity index is 568. The molecule has 74 valence electrons. The first-order valence-electron chi connectivity index (χ1n) is 5.31. The monoisotopic (exact) mass is 196 g/mol. The highest BCUT2D eigenvalue weighted by Gasteiger charge is 2.26. The van der Waals surface area contributed by atoms with Gasteiger partial charge in [-0.3, -0.25) is 0 Å². The lowest BCUT2D eigenvalue weighted by Crippen LogP contribution is -1.95. The number of aromatic nitrogens is 1. The molecule has 2 nitrogen and oxygen atoms in total. The molecule has 0 unspecified atom stereocenters. The fourth-order valence-corrected chi connectivity index (χ4v) is 2.25. The Balaban J connectivity index is 2.32. The number of nitriles is 1. The van der Waals surface area contributed by atoms with Gasteiger partial charge in [0.1, 0.15) is 0 Å². The second-order valence-electron chi connectivity index (χ2n) is 4.27. The van der Waals surface area contributed by atoms with Crippen LogP contribution in [0.4, 0.5) is 0 Å². The quantitative estimate of drug-likeness (QED) is 0.688. The fraction of sp³-hybridized carbons (Fsp3) is 0.308. The zero-order valence-electron chi connectivity index (χ0n) is 8.70. The second kappa shape index (κ2) is 2.87. The first-order valence-corrected chi connectivity index (χ1v) is 5.31. The van der Waals surface area contributed by atoms with Crippen LogP contribution in [-0.4, -0.2) is 4.57 Å². The molecule has 1 aromatic carbocycles. The minimum atomic E-state index is 0.677. The van der Waals surface area contributed by atoms with E-state index < -0.39 is 0 Å². The molecule has 0 radical (unpaired) electrons. The predicted molar refractivity (Wildman–Crippen MR) is 59.7 cm³/mol. The Labute approximate surface area is 88.7 Å². The van der Waals surface area contributed by atoms with E-state index in [2.05, 4.69) is 23.6 Å². The third-order valence-electron chi connectivity index (χ3n) is 3.08. The van der Waals surface area contributed by atoms with Crippen molar-refractivity contribution >= 4 is 10.9 Å². The van der Waals surface area contributed by atoms with E-state index in [1.165, 1.54) is 29.4 Å². The molecule has 0 amide bonds. The van der Waals surface area contributed by atoms with Crippen LogP contribution in [-0.2, 0) is 0 Å². The molecule has 1 aromatic heterocycles. The molecule has 0 bridgehead atoms.